The molecule has 0 bridgehead atoms. The predicted molar refractivity (Wildman–Crippen MR) is 50.6 cm³/mol. The molecule has 3 N–H and O–H groups in total. The molecule has 0 aliphatic rings. The monoisotopic (exact) mass is 168 g/mol. The minimum atomic E-state index is 0.818. The van der Waals surface area contributed by atoms with Crippen molar-refractivity contribution in [1.82, 2.24) is 5.32 Å². The van der Waals surface area contributed by atoms with Gasteiger partial charge in [0.25, 0.3) is 0 Å². The normalized spacial score (nSPS) is 9.91. The smallest absolute Gasteiger partial charge is 0.0463 e. The minimum Gasteiger partial charge on any atom is -0.399 e. The highest BCUT2D eigenvalue weighted by Gasteiger charge is 1.90. The highest BCUT2D eigenvalue weighted by atomic mass is 32.2. The molecular formula is C8H12N2S. The fraction of sp³-hybridized carbons (Fsp3) is 0.250. The molecule has 1 aromatic carbocycles. The van der Waals surface area contributed by atoms with Gasteiger partial charge in [0.05, 0.1) is 0 Å². The first-order chi connectivity index (χ1) is 5.33. The Bertz CT molecular complexity index is 208. The zero-order valence-corrected chi connectivity index (χ0v) is 7.32. The molecule has 0 saturated heterocycles. The number of thioether (sulfide) groups is 1. The number of hydrogen-bond acceptors (Lipinski definition) is 3. The maximum absolute atomic E-state index is 5.53. The molecule has 0 aliphatic heterocycles. The Balaban J connectivity index is 2.52. The van der Waals surface area contributed by atoms with E-state index in [-0.39, 0.29) is 0 Å². The van der Waals surface area contributed by atoms with Crippen LogP contribution in [0, 0.1) is 0 Å². The number of rotatable bonds is 3. The van der Waals surface area contributed by atoms with Gasteiger partial charge in [-0.1, -0.05) is 0 Å². The number of benzene rings is 1. The van der Waals surface area contributed by atoms with Gasteiger partial charge in [0.2, 0.25) is 0 Å². The summed E-state index contributed by atoms with van der Waals surface area (Å²) in [5.74, 6) is 0.934. The van der Waals surface area contributed by atoms with Crippen LogP contribution in [0.15, 0.2) is 29.2 Å². The van der Waals surface area contributed by atoms with Crippen molar-refractivity contribution in [2.75, 3.05) is 18.7 Å². The minimum absolute atomic E-state index is 0.818. The van der Waals surface area contributed by atoms with E-state index < -0.39 is 0 Å². The van der Waals surface area contributed by atoms with E-state index in [9.17, 15) is 0 Å². The number of anilines is 1. The largest absolute Gasteiger partial charge is 0.399 e. The Morgan fingerprint density at radius 1 is 1.36 bits per heavy atom. The molecule has 11 heavy (non-hydrogen) atoms. The van der Waals surface area contributed by atoms with Gasteiger partial charge in [-0.3, -0.25) is 0 Å². The van der Waals surface area contributed by atoms with Crippen LogP contribution in [0.2, 0.25) is 0 Å². The van der Waals surface area contributed by atoms with E-state index in [0.717, 1.165) is 11.6 Å². The van der Waals surface area contributed by atoms with Crippen molar-refractivity contribution >= 4 is 17.4 Å². The van der Waals surface area contributed by atoms with Gasteiger partial charge in [0.1, 0.15) is 0 Å². The molecule has 0 radical (unpaired) electrons. The van der Waals surface area contributed by atoms with Crippen LogP contribution in [0.3, 0.4) is 0 Å². The summed E-state index contributed by atoms with van der Waals surface area (Å²) < 4.78 is 0. The first kappa shape index (κ1) is 8.43. The molecule has 0 aromatic heterocycles. The molecular weight excluding hydrogens is 156 g/mol. The van der Waals surface area contributed by atoms with E-state index >= 15 is 0 Å². The molecule has 0 unspecified atom stereocenters. The van der Waals surface area contributed by atoms with Gasteiger partial charge in [0, 0.05) is 16.5 Å². The van der Waals surface area contributed by atoms with E-state index in [4.69, 9.17) is 5.73 Å². The number of nitrogen functional groups attached to an aromatic ring is 1. The Kier molecular flexibility index (Phi) is 3.26. The topological polar surface area (TPSA) is 38.0 Å². The standard InChI is InChI=1S/C8H12N2S/c1-10-6-11-8-4-2-7(9)3-5-8/h2-5,10H,6,9H2,1H3. The maximum atomic E-state index is 5.53. The Morgan fingerprint density at radius 2 is 2.00 bits per heavy atom. The van der Waals surface area contributed by atoms with Crippen molar-refractivity contribution < 1.29 is 0 Å². The van der Waals surface area contributed by atoms with E-state index in [1.54, 1.807) is 11.8 Å². The molecule has 0 amide bonds. The van der Waals surface area contributed by atoms with E-state index in [2.05, 4.69) is 5.32 Å². The highest BCUT2D eigenvalue weighted by molar-refractivity contribution is 7.99. The number of hydrogen-bond donors (Lipinski definition) is 2. The third-order valence-electron chi connectivity index (χ3n) is 1.26. The van der Waals surface area contributed by atoms with Crippen LogP contribution in [0.25, 0.3) is 0 Å². The summed E-state index contributed by atoms with van der Waals surface area (Å²) in [5, 5.41) is 3.06. The van der Waals surface area contributed by atoms with E-state index in [1.807, 2.05) is 31.3 Å². The summed E-state index contributed by atoms with van der Waals surface area (Å²) in [5.41, 5.74) is 6.35. The fourth-order valence-corrected chi connectivity index (χ4v) is 1.36. The van der Waals surface area contributed by atoms with Crippen molar-refractivity contribution in [3.8, 4) is 0 Å². The second-order valence-electron chi connectivity index (χ2n) is 2.21. The molecule has 1 aromatic rings. The highest BCUT2D eigenvalue weighted by Crippen LogP contribution is 2.17. The van der Waals surface area contributed by atoms with E-state index in [1.165, 1.54) is 4.90 Å². The van der Waals surface area contributed by atoms with Gasteiger partial charge in [-0.15, -0.1) is 11.8 Å². The molecule has 0 atom stereocenters. The third kappa shape index (κ3) is 2.82. The average Bonchev–Trinajstić information content (AvgIpc) is 2.04. The van der Waals surface area contributed by atoms with Gasteiger partial charge < -0.3 is 11.1 Å². The molecule has 3 heteroatoms. The molecule has 0 spiro atoms. The molecule has 0 heterocycles. The summed E-state index contributed by atoms with van der Waals surface area (Å²) in [4.78, 5) is 1.24. The zero-order valence-electron chi connectivity index (χ0n) is 6.50. The number of nitrogens with one attached hydrogen (secondary N) is 1. The predicted octanol–water partition coefficient (Wildman–Crippen LogP) is 1.54. The van der Waals surface area contributed by atoms with Crippen LogP contribution >= 0.6 is 11.8 Å². The van der Waals surface area contributed by atoms with Crippen LogP contribution in [0.1, 0.15) is 0 Å². The zero-order chi connectivity index (χ0) is 8.10. The van der Waals surface area contributed by atoms with Gasteiger partial charge in [-0.05, 0) is 31.3 Å². The lowest BCUT2D eigenvalue weighted by atomic mass is 10.3. The second kappa shape index (κ2) is 4.26. The maximum Gasteiger partial charge on any atom is 0.0463 e. The van der Waals surface area contributed by atoms with Crippen molar-refractivity contribution in [3.05, 3.63) is 24.3 Å². The van der Waals surface area contributed by atoms with Gasteiger partial charge in [0.15, 0.2) is 0 Å². The van der Waals surface area contributed by atoms with Gasteiger partial charge >= 0.3 is 0 Å². The first-order valence-electron chi connectivity index (χ1n) is 3.46. The molecule has 60 valence electrons. The lowest BCUT2D eigenvalue weighted by Gasteiger charge is -1.99. The van der Waals surface area contributed by atoms with Gasteiger partial charge in [-0.2, -0.15) is 0 Å². The Labute approximate surface area is 71.2 Å². The number of nitrogens with two attached hydrogens (primary N) is 1. The van der Waals surface area contributed by atoms with Crippen LogP contribution in [-0.2, 0) is 0 Å². The molecule has 0 saturated carbocycles. The lowest BCUT2D eigenvalue weighted by Crippen LogP contribution is -2.02. The SMILES string of the molecule is CNCSc1ccc(N)cc1. The lowest BCUT2D eigenvalue weighted by molar-refractivity contribution is 0.982. The molecule has 0 fully saturated rings. The van der Waals surface area contributed by atoms with Crippen LogP contribution in [-0.4, -0.2) is 12.9 Å². The van der Waals surface area contributed by atoms with Crippen molar-refractivity contribution in [1.29, 1.82) is 0 Å². The Morgan fingerprint density at radius 3 is 2.55 bits per heavy atom. The first-order valence-corrected chi connectivity index (χ1v) is 4.44. The Hall–Kier alpha value is -0.670. The molecule has 1 rings (SSSR count). The van der Waals surface area contributed by atoms with Crippen molar-refractivity contribution in [3.63, 3.8) is 0 Å². The molecule has 0 aliphatic carbocycles. The summed E-state index contributed by atoms with van der Waals surface area (Å²) in [6.45, 7) is 0. The quantitative estimate of drug-likeness (QED) is 0.408. The molecule has 2 nitrogen and oxygen atoms in total. The summed E-state index contributed by atoms with van der Waals surface area (Å²) in [6, 6.07) is 7.88. The fourth-order valence-electron chi connectivity index (χ4n) is 0.720. The van der Waals surface area contributed by atoms with Gasteiger partial charge in [-0.25, -0.2) is 0 Å². The van der Waals surface area contributed by atoms with E-state index in [0.29, 0.717) is 0 Å². The van der Waals surface area contributed by atoms with Crippen molar-refractivity contribution in [2.45, 2.75) is 4.90 Å². The summed E-state index contributed by atoms with van der Waals surface area (Å²) in [7, 11) is 1.93. The van der Waals surface area contributed by atoms with Crippen LogP contribution < -0.4 is 11.1 Å². The van der Waals surface area contributed by atoms with Crippen LogP contribution in [0.4, 0.5) is 5.69 Å². The second-order valence-corrected chi connectivity index (χ2v) is 3.26. The third-order valence-corrected chi connectivity index (χ3v) is 2.30. The average molecular weight is 168 g/mol. The van der Waals surface area contributed by atoms with Crippen molar-refractivity contribution in [2.24, 2.45) is 0 Å². The van der Waals surface area contributed by atoms with Crippen LogP contribution in [0.5, 0.6) is 0 Å². The summed E-state index contributed by atoms with van der Waals surface area (Å²) in [6.07, 6.45) is 0. The summed E-state index contributed by atoms with van der Waals surface area (Å²) >= 11 is 1.76.